The second kappa shape index (κ2) is 9.98. The van der Waals surface area contributed by atoms with Crippen molar-refractivity contribution in [3.05, 3.63) is 59.9 Å². The summed E-state index contributed by atoms with van der Waals surface area (Å²) in [6, 6.07) is 16.2. The van der Waals surface area contributed by atoms with Crippen LogP contribution in [0.2, 0.25) is 0 Å². The first kappa shape index (κ1) is 23.3. The van der Waals surface area contributed by atoms with Gasteiger partial charge in [0.2, 0.25) is 0 Å². The quantitative estimate of drug-likeness (QED) is 0.360. The molecule has 0 radical (unpaired) electrons. The van der Waals surface area contributed by atoms with Crippen molar-refractivity contribution >= 4 is 17.0 Å². The molecule has 1 fully saturated rings. The molecule has 3 atom stereocenters. The summed E-state index contributed by atoms with van der Waals surface area (Å²) in [5.41, 5.74) is 3.17. The standard InChI is InChI=1S/C28H37N2O3/c1-19(2)22-15-14-20(3)16-26(22)33-28(31)17-30-24-12-8-7-11-23(24)29(5)27(30)18-32-25-13-9-6-10-21(25)4/h6-13,19-20,22,26H,14-18H2,1-5H3/q+1/t20-,22+,26+/m0/s1. The Bertz CT molecular complexity index is 1120. The fraction of sp³-hybridized carbons (Fsp3) is 0.500. The summed E-state index contributed by atoms with van der Waals surface area (Å²) in [6.07, 6.45) is 3.31. The van der Waals surface area contributed by atoms with Crippen molar-refractivity contribution in [2.24, 2.45) is 24.8 Å². The van der Waals surface area contributed by atoms with Gasteiger partial charge in [-0.3, -0.25) is 0 Å². The molecule has 0 aliphatic heterocycles. The normalized spacial score (nSPS) is 20.8. The van der Waals surface area contributed by atoms with E-state index in [-0.39, 0.29) is 18.6 Å². The molecule has 0 amide bonds. The van der Waals surface area contributed by atoms with Gasteiger partial charge in [0, 0.05) is 0 Å². The number of aryl methyl sites for hydroxylation is 2. The fourth-order valence-electron chi connectivity index (χ4n) is 5.23. The van der Waals surface area contributed by atoms with Crippen molar-refractivity contribution in [2.75, 3.05) is 0 Å². The molecule has 176 valence electrons. The van der Waals surface area contributed by atoms with Crippen LogP contribution in [0.25, 0.3) is 11.0 Å². The van der Waals surface area contributed by atoms with Crippen LogP contribution in [0.1, 0.15) is 51.4 Å². The average Bonchev–Trinajstić information content (AvgIpc) is 3.04. The lowest BCUT2D eigenvalue weighted by molar-refractivity contribution is -0.655. The molecule has 0 bridgehead atoms. The lowest BCUT2D eigenvalue weighted by Gasteiger charge is -2.36. The van der Waals surface area contributed by atoms with Crippen molar-refractivity contribution in [3.63, 3.8) is 0 Å². The first-order valence-electron chi connectivity index (χ1n) is 12.2. The SMILES string of the molecule is Cc1ccccc1OCc1n(CC(=O)O[C@@H]2C[C@@H](C)CC[C@@H]2C(C)C)c2ccccc2[n+]1C. The number of hydrogen-bond acceptors (Lipinski definition) is 3. The molecule has 0 saturated heterocycles. The molecule has 5 nitrogen and oxygen atoms in total. The number of benzene rings is 2. The number of esters is 1. The molecule has 1 aliphatic carbocycles. The topological polar surface area (TPSA) is 44.3 Å². The second-order valence-corrected chi connectivity index (χ2v) is 9.96. The van der Waals surface area contributed by atoms with E-state index < -0.39 is 0 Å². The van der Waals surface area contributed by atoms with Crippen molar-refractivity contribution in [3.8, 4) is 5.75 Å². The van der Waals surface area contributed by atoms with Gasteiger partial charge < -0.3 is 9.47 Å². The molecule has 1 aliphatic rings. The maximum atomic E-state index is 13.2. The highest BCUT2D eigenvalue weighted by atomic mass is 16.5. The van der Waals surface area contributed by atoms with Crippen LogP contribution in [0.5, 0.6) is 5.75 Å². The van der Waals surface area contributed by atoms with Crippen LogP contribution in [-0.4, -0.2) is 16.6 Å². The Kier molecular flexibility index (Phi) is 7.06. The number of carbonyl (C=O) groups excluding carboxylic acids is 1. The molecule has 0 N–H and O–H groups in total. The largest absolute Gasteiger partial charge is 0.481 e. The summed E-state index contributed by atoms with van der Waals surface area (Å²) in [5, 5.41) is 0. The first-order valence-corrected chi connectivity index (χ1v) is 12.2. The smallest absolute Gasteiger partial charge is 0.348 e. The van der Waals surface area contributed by atoms with Crippen LogP contribution in [0.4, 0.5) is 0 Å². The number of aromatic nitrogens is 2. The highest BCUT2D eigenvalue weighted by Crippen LogP contribution is 2.35. The summed E-state index contributed by atoms with van der Waals surface area (Å²) in [5.74, 6) is 3.17. The molecular formula is C28H37N2O3+. The highest BCUT2D eigenvalue weighted by molar-refractivity contribution is 5.76. The molecule has 33 heavy (non-hydrogen) atoms. The van der Waals surface area contributed by atoms with Crippen molar-refractivity contribution in [1.29, 1.82) is 0 Å². The van der Waals surface area contributed by atoms with E-state index in [0.717, 1.165) is 41.0 Å². The van der Waals surface area contributed by atoms with Gasteiger partial charge in [-0.25, -0.2) is 13.9 Å². The Balaban J connectivity index is 1.58. The third-order valence-electron chi connectivity index (χ3n) is 7.21. The molecule has 4 rings (SSSR count). The predicted molar refractivity (Wildman–Crippen MR) is 130 cm³/mol. The van der Waals surface area contributed by atoms with Crippen LogP contribution in [0, 0.1) is 24.7 Å². The number of fused-ring (bicyclic) bond motifs is 1. The molecule has 3 aromatic rings. The molecule has 0 unspecified atom stereocenters. The summed E-state index contributed by atoms with van der Waals surface area (Å²) in [6.45, 7) is 9.34. The van der Waals surface area contributed by atoms with Crippen LogP contribution in [0.3, 0.4) is 0 Å². The van der Waals surface area contributed by atoms with Crippen LogP contribution in [-0.2, 0) is 29.7 Å². The summed E-state index contributed by atoms with van der Waals surface area (Å²) < 4.78 is 16.5. The third kappa shape index (κ3) is 5.07. The first-order chi connectivity index (χ1) is 15.8. The van der Waals surface area contributed by atoms with E-state index in [4.69, 9.17) is 9.47 Å². The van der Waals surface area contributed by atoms with E-state index in [1.54, 1.807) is 0 Å². The number of hydrogen-bond donors (Lipinski definition) is 0. The van der Waals surface area contributed by atoms with E-state index in [1.165, 1.54) is 6.42 Å². The van der Waals surface area contributed by atoms with Crippen LogP contribution >= 0.6 is 0 Å². The zero-order chi connectivity index (χ0) is 23.5. The summed E-state index contributed by atoms with van der Waals surface area (Å²) in [4.78, 5) is 13.2. The molecular weight excluding hydrogens is 412 g/mol. The predicted octanol–water partition coefficient (Wildman–Crippen LogP) is 5.36. The van der Waals surface area contributed by atoms with Gasteiger partial charge in [-0.05, 0) is 61.3 Å². The summed E-state index contributed by atoms with van der Waals surface area (Å²) in [7, 11) is 2.03. The van der Waals surface area contributed by atoms with E-state index in [1.807, 2.05) is 54.9 Å². The highest BCUT2D eigenvalue weighted by Gasteiger charge is 2.34. The molecule has 2 aromatic carbocycles. The summed E-state index contributed by atoms with van der Waals surface area (Å²) >= 11 is 0. The van der Waals surface area contributed by atoms with Gasteiger partial charge >= 0.3 is 5.97 Å². The van der Waals surface area contributed by atoms with E-state index in [9.17, 15) is 4.79 Å². The van der Waals surface area contributed by atoms with Crippen molar-refractivity contribution in [2.45, 2.75) is 66.2 Å². The maximum Gasteiger partial charge on any atom is 0.348 e. The molecule has 1 saturated carbocycles. The Morgan fingerprint density at radius 1 is 1.12 bits per heavy atom. The molecule has 1 heterocycles. The van der Waals surface area contributed by atoms with Crippen LogP contribution in [0.15, 0.2) is 48.5 Å². The van der Waals surface area contributed by atoms with E-state index in [2.05, 4.69) is 37.5 Å². The Morgan fingerprint density at radius 2 is 1.85 bits per heavy atom. The molecule has 5 heteroatoms. The third-order valence-corrected chi connectivity index (χ3v) is 7.21. The lowest BCUT2D eigenvalue weighted by Crippen LogP contribution is -2.37. The number of ether oxygens (including phenoxy) is 2. The van der Waals surface area contributed by atoms with Gasteiger partial charge in [-0.2, -0.15) is 0 Å². The number of carbonyl (C=O) groups is 1. The van der Waals surface area contributed by atoms with Crippen molar-refractivity contribution in [1.82, 2.24) is 4.57 Å². The van der Waals surface area contributed by atoms with Gasteiger partial charge in [0.15, 0.2) is 24.2 Å². The number of nitrogens with zero attached hydrogens (tertiary/aromatic N) is 2. The number of rotatable bonds is 7. The maximum absolute atomic E-state index is 13.2. The lowest BCUT2D eigenvalue weighted by atomic mass is 9.75. The minimum atomic E-state index is -0.168. The second-order valence-electron chi connectivity index (χ2n) is 9.96. The number of para-hydroxylation sites is 3. The van der Waals surface area contributed by atoms with Gasteiger partial charge in [-0.15, -0.1) is 0 Å². The van der Waals surface area contributed by atoms with E-state index >= 15 is 0 Å². The zero-order valence-electron chi connectivity index (χ0n) is 20.6. The van der Waals surface area contributed by atoms with Crippen molar-refractivity contribution < 1.29 is 18.8 Å². The molecule has 1 aromatic heterocycles. The van der Waals surface area contributed by atoms with E-state index in [0.29, 0.717) is 24.4 Å². The van der Waals surface area contributed by atoms with Gasteiger partial charge in [-0.1, -0.05) is 57.5 Å². The minimum absolute atomic E-state index is 0.00324. The Morgan fingerprint density at radius 3 is 2.61 bits per heavy atom. The van der Waals surface area contributed by atoms with Crippen LogP contribution < -0.4 is 9.30 Å². The Labute approximate surface area is 197 Å². The number of imidazole rings is 1. The zero-order valence-corrected chi connectivity index (χ0v) is 20.6. The fourth-order valence-corrected chi connectivity index (χ4v) is 5.23. The van der Waals surface area contributed by atoms with Gasteiger partial charge in [0.05, 0.1) is 7.05 Å². The molecule has 0 spiro atoms. The monoisotopic (exact) mass is 449 g/mol. The average molecular weight is 450 g/mol. The van der Waals surface area contributed by atoms with Gasteiger partial charge in [0.1, 0.15) is 11.9 Å². The Hall–Kier alpha value is -2.82. The van der Waals surface area contributed by atoms with Gasteiger partial charge in [0.25, 0.3) is 5.82 Å². The minimum Gasteiger partial charge on any atom is -0.481 e.